The summed E-state index contributed by atoms with van der Waals surface area (Å²) < 4.78 is 0. The van der Waals surface area contributed by atoms with E-state index in [0.717, 1.165) is 49.8 Å². The number of pyridine rings is 1. The number of nitrogens with one attached hydrogen (secondary N) is 1. The Balaban J connectivity index is 1.38. The van der Waals surface area contributed by atoms with E-state index in [-0.39, 0.29) is 5.91 Å². The molecule has 0 spiro atoms. The molecule has 1 N–H and O–H groups in total. The van der Waals surface area contributed by atoms with Gasteiger partial charge in [-0.2, -0.15) is 0 Å². The zero-order valence-electron chi connectivity index (χ0n) is 16.7. The van der Waals surface area contributed by atoms with E-state index in [4.69, 9.17) is 0 Å². The molecule has 1 aromatic heterocycles. The van der Waals surface area contributed by atoms with E-state index in [9.17, 15) is 4.79 Å². The molecule has 5 nitrogen and oxygen atoms in total. The molecule has 1 fully saturated rings. The minimum Gasteiger partial charge on any atom is -0.354 e. The molecule has 148 valence electrons. The van der Waals surface area contributed by atoms with Crippen LogP contribution in [-0.4, -0.2) is 42.0 Å². The summed E-state index contributed by atoms with van der Waals surface area (Å²) >= 11 is 0. The summed E-state index contributed by atoms with van der Waals surface area (Å²) in [5, 5.41) is 3.00. The van der Waals surface area contributed by atoms with Crippen molar-refractivity contribution in [2.24, 2.45) is 0 Å². The number of carbonyl (C=O) groups is 1. The summed E-state index contributed by atoms with van der Waals surface area (Å²) in [6.45, 7) is 6.74. The van der Waals surface area contributed by atoms with E-state index in [1.54, 1.807) is 12.3 Å². The van der Waals surface area contributed by atoms with Crippen LogP contribution >= 0.6 is 0 Å². The summed E-state index contributed by atoms with van der Waals surface area (Å²) in [7, 11) is 0. The molecular weight excluding hydrogens is 360 g/mol. The third-order valence-corrected chi connectivity index (χ3v) is 5.35. The Kier molecular flexibility index (Phi) is 5.86. The Hall–Kier alpha value is -3.18. The molecule has 0 unspecified atom stereocenters. The molecule has 29 heavy (non-hydrogen) atoms. The van der Waals surface area contributed by atoms with Gasteiger partial charge in [0.05, 0.1) is 0 Å². The van der Waals surface area contributed by atoms with Gasteiger partial charge >= 0.3 is 0 Å². The molecule has 1 aliphatic rings. The fourth-order valence-electron chi connectivity index (χ4n) is 3.62. The van der Waals surface area contributed by atoms with Gasteiger partial charge in [0.1, 0.15) is 5.82 Å². The number of carbonyl (C=O) groups excluding carboxylic acids is 1. The van der Waals surface area contributed by atoms with Gasteiger partial charge in [0.15, 0.2) is 0 Å². The molecule has 2 heterocycles. The first-order valence-corrected chi connectivity index (χ1v) is 10.0. The summed E-state index contributed by atoms with van der Waals surface area (Å²) in [6.07, 6.45) is 1.72. The average molecular weight is 386 g/mol. The Bertz CT molecular complexity index is 965. The predicted octanol–water partition coefficient (Wildman–Crippen LogP) is 3.96. The van der Waals surface area contributed by atoms with Crippen molar-refractivity contribution in [1.82, 2.24) is 9.88 Å². The predicted molar refractivity (Wildman–Crippen MR) is 117 cm³/mol. The van der Waals surface area contributed by atoms with Gasteiger partial charge in [-0.15, -0.1) is 0 Å². The smallest absolute Gasteiger partial charge is 0.255 e. The third kappa shape index (κ3) is 4.81. The van der Waals surface area contributed by atoms with Crippen LogP contribution < -0.4 is 10.2 Å². The Labute approximate surface area is 172 Å². The average Bonchev–Trinajstić information content (AvgIpc) is 2.77. The molecule has 1 saturated heterocycles. The monoisotopic (exact) mass is 386 g/mol. The van der Waals surface area contributed by atoms with E-state index in [1.165, 1.54) is 5.56 Å². The lowest BCUT2D eigenvalue weighted by Crippen LogP contribution is -2.46. The quantitative estimate of drug-likeness (QED) is 0.721. The number of nitrogens with zero attached hydrogens (tertiary/aromatic N) is 3. The van der Waals surface area contributed by atoms with Gasteiger partial charge in [-0.3, -0.25) is 9.69 Å². The highest BCUT2D eigenvalue weighted by Crippen LogP contribution is 2.19. The molecule has 2 aromatic carbocycles. The van der Waals surface area contributed by atoms with Crippen molar-refractivity contribution in [2.75, 3.05) is 36.4 Å². The highest BCUT2D eigenvalue weighted by atomic mass is 16.1. The van der Waals surface area contributed by atoms with Crippen LogP contribution in [-0.2, 0) is 6.54 Å². The molecule has 4 rings (SSSR count). The normalized spacial score (nSPS) is 14.6. The van der Waals surface area contributed by atoms with E-state index in [0.29, 0.717) is 5.56 Å². The number of rotatable bonds is 5. The lowest BCUT2D eigenvalue weighted by Gasteiger charge is -2.35. The van der Waals surface area contributed by atoms with Crippen molar-refractivity contribution < 1.29 is 4.79 Å². The number of hydrogen-bond donors (Lipinski definition) is 1. The standard InChI is InChI=1S/C24H26N4O/c1-19-7-5-6-10-22(19)26-24(29)21-11-12-25-23(17-21)28-15-13-27(14-16-28)18-20-8-3-2-4-9-20/h2-12,17H,13-16,18H2,1H3,(H,26,29). The van der Waals surface area contributed by atoms with Crippen LogP contribution in [0.3, 0.4) is 0 Å². The number of anilines is 2. The molecular formula is C24H26N4O. The number of benzene rings is 2. The summed E-state index contributed by atoms with van der Waals surface area (Å²) in [5.74, 6) is 0.757. The van der Waals surface area contributed by atoms with Crippen LogP contribution in [0, 0.1) is 6.92 Å². The second-order valence-corrected chi connectivity index (χ2v) is 7.42. The fraction of sp³-hybridized carbons (Fsp3) is 0.250. The second kappa shape index (κ2) is 8.88. The van der Waals surface area contributed by atoms with Crippen LogP contribution in [0.1, 0.15) is 21.5 Å². The molecule has 3 aromatic rings. The van der Waals surface area contributed by atoms with Crippen molar-refractivity contribution in [2.45, 2.75) is 13.5 Å². The van der Waals surface area contributed by atoms with Crippen LogP contribution in [0.5, 0.6) is 0 Å². The van der Waals surface area contributed by atoms with E-state index < -0.39 is 0 Å². The van der Waals surface area contributed by atoms with E-state index in [1.807, 2.05) is 37.3 Å². The maximum Gasteiger partial charge on any atom is 0.255 e. The Morgan fingerprint density at radius 3 is 2.45 bits per heavy atom. The minimum absolute atomic E-state index is 0.106. The number of hydrogen-bond acceptors (Lipinski definition) is 4. The van der Waals surface area contributed by atoms with Crippen molar-refractivity contribution in [3.63, 3.8) is 0 Å². The van der Waals surface area contributed by atoms with Gasteiger partial charge in [-0.25, -0.2) is 4.98 Å². The third-order valence-electron chi connectivity index (χ3n) is 5.35. The topological polar surface area (TPSA) is 48.5 Å². The zero-order valence-corrected chi connectivity index (χ0v) is 16.7. The molecule has 0 bridgehead atoms. The van der Waals surface area contributed by atoms with Gasteiger partial charge in [0.2, 0.25) is 0 Å². The maximum atomic E-state index is 12.7. The molecule has 1 amide bonds. The lowest BCUT2D eigenvalue weighted by atomic mass is 10.1. The summed E-state index contributed by atoms with van der Waals surface area (Å²) in [4.78, 5) is 21.9. The molecule has 0 radical (unpaired) electrons. The number of para-hydroxylation sites is 1. The fourth-order valence-corrected chi connectivity index (χ4v) is 3.62. The first-order valence-electron chi connectivity index (χ1n) is 10.0. The number of amides is 1. The maximum absolute atomic E-state index is 12.7. The van der Waals surface area contributed by atoms with Crippen molar-refractivity contribution in [3.05, 3.63) is 89.6 Å². The Morgan fingerprint density at radius 1 is 0.966 bits per heavy atom. The highest BCUT2D eigenvalue weighted by molar-refractivity contribution is 6.05. The summed E-state index contributed by atoms with van der Waals surface area (Å²) in [5.41, 5.74) is 3.86. The first kappa shape index (κ1) is 19.2. The highest BCUT2D eigenvalue weighted by Gasteiger charge is 2.19. The van der Waals surface area contributed by atoms with Gasteiger partial charge in [-0.1, -0.05) is 48.5 Å². The molecule has 0 atom stereocenters. The number of piperazine rings is 1. The van der Waals surface area contributed by atoms with Crippen molar-refractivity contribution >= 4 is 17.4 Å². The molecule has 5 heteroatoms. The van der Waals surface area contributed by atoms with Gasteiger partial charge in [-0.05, 0) is 36.2 Å². The molecule has 1 aliphatic heterocycles. The first-order chi connectivity index (χ1) is 14.2. The van der Waals surface area contributed by atoms with Crippen LogP contribution in [0.4, 0.5) is 11.5 Å². The Morgan fingerprint density at radius 2 is 1.69 bits per heavy atom. The largest absolute Gasteiger partial charge is 0.354 e. The molecule has 0 aliphatic carbocycles. The van der Waals surface area contributed by atoms with Crippen LogP contribution in [0.25, 0.3) is 0 Å². The minimum atomic E-state index is -0.106. The van der Waals surface area contributed by atoms with Crippen molar-refractivity contribution in [1.29, 1.82) is 0 Å². The SMILES string of the molecule is Cc1ccccc1NC(=O)c1ccnc(N2CCN(Cc3ccccc3)CC2)c1. The van der Waals surface area contributed by atoms with Gasteiger partial charge in [0.25, 0.3) is 5.91 Å². The zero-order chi connectivity index (χ0) is 20.1. The summed E-state index contributed by atoms with van der Waals surface area (Å²) in [6, 6.07) is 22.0. The van der Waals surface area contributed by atoms with Crippen LogP contribution in [0.15, 0.2) is 72.9 Å². The molecule has 0 saturated carbocycles. The second-order valence-electron chi connectivity index (χ2n) is 7.42. The van der Waals surface area contributed by atoms with Crippen LogP contribution in [0.2, 0.25) is 0 Å². The van der Waals surface area contributed by atoms with Gasteiger partial charge in [0, 0.05) is 50.2 Å². The van der Waals surface area contributed by atoms with E-state index >= 15 is 0 Å². The number of aromatic nitrogens is 1. The lowest BCUT2D eigenvalue weighted by molar-refractivity contribution is 0.102. The van der Waals surface area contributed by atoms with E-state index in [2.05, 4.69) is 50.4 Å². The van der Waals surface area contributed by atoms with Gasteiger partial charge < -0.3 is 10.2 Å². The number of aryl methyl sites for hydroxylation is 1. The van der Waals surface area contributed by atoms with Crippen molar-refractivity contribution in [3.8, 4) is 0 Å².